The minimum Gasteiger partial charge on any atom is -0.492 e. The molecule has 0 radical (unpaired) electrons. The average Bonchev–Trinajstić information content (AvgIpc) is 3.32. The molecule has 30 heavy (non-hydrogen) atoms. The van der Waals surface area contributed by atoms with E-state index in [4.69, 9.17) is 13.9 Å². The van der Waals surface area contributed by atoms with E-state index in [1.807, 2.05) is 55.5 Å². The average molecular weight is 405 g/mol. The van der Waals surface area contributed by atoms with Crippen LogP contribution >= 0.6 is 0 Å². The lowest BCUT2D eigenvalue weighted by Crippen LogP contribution is -2.13. The standard InChI is InChI=1S/C23H23N3O4/c1-3-28-22(27)15-26-14-18-20(25-26)10-7-11-21(18)29-13-12-19-16(2)30-23(24-19)17-8-5-4-6-9-17/h4-11,14H,3,12-13,15H2,1-2H3. The molecule has 0 N–H and O–H groups in total. The van der Waals surface area contributed by atoms with Crippen molar-refractivity contribution in [3.8, 4) is 17.2 Å². The first-order chi connectivity index (χ1) is 14.6. The van der Waals surface area contributed by atoms with Crippen molar-refractivity contribution in [3.05, 3.63) is 66.2 Å². The Bertz CT molecular complexity index is 1150. The zero-order valence-electron chi connectivity index (χ0n) is 17.0. The third-order valence-electron chi connectivity index (χ3n) is 4.66. The molecule has 0 amide bonds. The van der Waals surface area contributed by atoms with Crippen molar-refractivity contribution in [1.29, 1.82) is 0 Å². The second-order valence-corrected chi connectivity index (χ2v) is 6.81. The maximum Gasteiger partial charge on any atom is 0.327 e. The number of hydrogen-bond donors (Lipinski definition) is 0. The van der Waals surface area contributed by atoms with E-state index in [1.54, 1.807) is 17.8 Å². The van der Waals surface area contributed by atoms with Gasteiger partial charge in [-0.05, 0) is 38.1 Å². The van der Waals surface area contributed by atoms with Gasteiger partial charge in [-0.15, -0.1) is 0 Å². The molecule has 0 fully saturated rings. The summed E-state index contributed by atoms with van der Waals surface area (Å²) in [6.45, 7) is 4.56. The van der Waals surface area contributed by atoms with Gasteiger partial charge in [0.15, 0.2) is 0 Å². The van der Waals surface area contributed by atoms with Crippen LogP contribution < -0.4 is 4.74 Å². The van der Waals surface area contributed by atoms with Crippen LogP contribution in [0.1, 0.15) is 18.4 Å². The van der Waals surface area contributed by atoms with E-state index in [-0.39, 0.29) is 12.5 Å². The smallest absolute Gasteiger partial charge is 0.327 e. The number of aryl methyl sites for hydroxylation is 1. The third-order valence-corrected chi connectivity index (χ3v) is 4.66. The predicted octanol–water partition coefficient (Wildman–Crippen LogP) is 4.18. The lowest BCUT2D eigenvalue weighted by atomic mass is 10.2. The second kappa shape index (κ2) is 8.82. The van der Waals surface area contributed by atoms with Crippen LogP contribution in [0.25, 0.3) is 22.4 Å². The topological polar surface area (TPSA) is 79.4 Å². The first-order valence-electron chi connectivity index (χ1n) is 9.90. The van der Waals surface area contributed by atoms with E-state index in [1.165, 1.54) is 0 Å². The molecular weight excluding hydrogens is 382 g/mol. The van der Waals surface area contributed by atoms with Crippen LogP contribution in [0.4, 0.5) is 0 Å². The number of hydrogen-bond acceptors (Lipinski definition) is 6. The van der Waals surface area contributed by atoms with Gasteiger partial charge in [0.25, 0.3) is 0 Å². The molecule has 0 aliphatic carbocycles. The van der Waals surface area contributed by atoms with Crippen LogP contribution in [0, 0.1) is 6.92 Å². The van der Waals surface area contributed by atoms with Gasteiger partial charge in [0.05, 0.1) is 29.8 Å². The summed E-state index contributed by atoms with van der Waals surface area (Å²) in [6, 6.07) is 15.5. The minimum absolute atomic E-state index is 0.0718. The van der Waals surface area contributed by atoms with Gasteiger partial charge in [-0.1, -0.05) is 24.3 Å². The van der Waals surface area contributed by atoms with Crippen LogP contribution in [-0.4, -0.2) is 33.9 Å². The van der Waals surface area contributed by atoms with Crippen LogP contribution in [0.5, 0.6) is 5.75 Å². The van der Waals surface area contributed by atoms with Crippen molar-refractivity contribution in [2.75, 3.05) is 13.2 Å². The van der Waals surface area contributed by atoms with Crippen molar-refractivity contribution in [3.63, 3.8) is 0 Å². The molecule has 0 atom stereocenters. The third kappa shape index (κ3) is 4.35. The Kier molecular flexibility index (Phi) is 5.79. The number of fused-ring (bicyclic) bond motifs is 1. The number of nitrogens with zero attached hydrogens (tertiary/aromatic N) is 3. The summed E-state index contributed by atoms with van der Waals surface area (Å²) in [5, 5.41) is 5.27. The fourth-order valence-electron chi connectivity index (χ4n) is 3.23. The fourth-order valence-corrected chi connectivity index (χ4v) is 3.23. The van der Waals surface area contributed by atoms with Crippen molar-refractivity contribution in [2.24, 2.45) is 0 Å². The molecule has 154 valence electrons. The first kappa shape index (κ1) is 19.7. The van der Waals surface area contributed by atoms with Crippen LogP contribution in [0.2, 0.25) is 0 Å². The van der Waals surface area contributed by atoms with E-state index in [0.717, 1.165) is 27.9 Å². The highest BCUT2D eigenvalue weighted by Crippen LogP contribution is 2.26. The molecule has 2 heterocycles. The highest BCUT2D eigenvalue weighted by molar-refractivity contribution is 5.85. The molecule has 4 rings (SSSR count). The quantitative estimate of drug-likeness (QED) is 0.409. The van der Waals surface area contributed by atoms with Crippen molar-refractivity contribution in [2.45, 2.75) is 26.8 Å². The number of ether oxygens (including phenoxy) is 2. The van der Waals surface area contributed by atoms with Gasteiger partial charge >= 0.3 is 5.97 Å². The zero-order valence-corrected chi connectivity index (χ0v) is 17.0. The summed E-state index contributed by atoms with van der Waals surface area (Å²) in [5.74, 6) is 1.80. The molecule has 2 aromatic carbocycles. The van der Waals surface area contributed by atoms with Gasteiger partial charge in [0.2, 0.25) is 5.89 Å². The number of esters is 1. The minimum atomic E-state index is -0.316. The Labute approximate surface area is 174 Å². The Hall–Kier alpha value is -3.61. The Morgan fingerprint density at radius 3 is 2.77 bits per heavy atom. The van der Waals surface area contributed by atoms with E-state index in [9.17, 15) is 4.79 Å². The lowest BCUT2D eigenvalue weighted by molar-refractivity contribution is -0.144. The van der Waals surface area contributed by atoms with E-state index < -0.39 is 0 Å². The zero-order chi connectivity index (χ0) is 20.9. The SMILES string of the molecule is CCOC(=O)Cn1cc2c(OCCc3nc(-c4ccccc4)oc3C)cccc2n1. The molecule has 2 aromatic heterocycles. The number of oxazole rings is 1. The Balaban J connectivity index is 1.43. The molecule has 4 aromatic rings. The number of carbonyl (C=O) groups excluding carboxylic acids is 1. The van der Waals surface area contributed by atoms with Gasteiger partial charge < -0.3 is 13.9 Å². The van der Waals surface area contributed by atoms with Gasteiger partial charge in [0, 0.05) is 18.2 Å². The fraction of sp³-hybridized carbons (Fsp3) is 0.261. The molecule has 0 bridgehead atoms. The summed E-state index contributed by atoms with van der Waals surface area (Å²) < 4.78 is 18.4. The molecule has 0 saturated carbocycles. The first-order valence-corrected chi connectivity index (χ1v) is 9.90. The molecular formula is C23H23N3O4. The number of rotatable bonds is 8. The van der Waals surface area contributed by atoms with Gasteiger partial charge in [-0.3, -0.25) is 9.48 Å². The maximum absolute atomic E-state index is 11.7. The lowest BCUT2D eigenvalue weighted by Gasteiger charge is -2.06. The molecule has 7 heteroatoms. The van der Waals surface area contributed by atoms with Crippen molar-refractivity contribution >= 4 is 16.9 Å². The maximum atomic E-state index is 11.7. The predicted molar refractivity (Wildman–Crippen MR) is 112 cm³/mol. The largest absolute Gasteiger partial charge is 0.492 e. The summed E-state index contributed by atoms with van der Waals surface area (Å²) >= 11 is 0. The summed E-state index contributed by atoms with van der Waals surface area (Å²) in [4.78, 5) is 16.3. The summed E-state index contributed by atoms with van der Waals surface area (Å²) in [5.41, 5.74) is 2.59. The van der Waals surface area contributed by atoms with E-state index in [2.05, 4.69) is 10.1 Å². The highest BCUT2D eigenvalue weighted by atomic mass is 16.5. The second-order valence-electron chi connectivity index (χ2n) is 6.81. The van der Waals surface area contributed by atoms with Crippen LogP contribution in [0.15, 0.2) is 59.1 Å². The van der Waals surface area contributed by atoms with Gasteiger partial charge in [-0.2, -0.15) is 5.10 Å². The van der Waals surface area contributed by atoms with Gasteiger partial charge in [0.1, 0.15) is 18.1 Å². The molecule has 0 aliphatic heterocycles. The molecule has 7 nitrogen and oxygen atoms in total. The van der Waals surface area contributed by atoms with Gasteiger partial charge in [-0.25, -0.2) is 4.98 Å². The molecule has 0 saturated heterocycles. The van der Waals surface area contributed by atoms with E-state index in [0.29, 0.717) is 31.3 Å². The molecule has 0 aliphatic rings. The number of benzene rings is 2. The molecule has 0 unspecified atom stereocenters. The van der Waals surface area contributed by atoms with Crippen molar-refractivity contribution < 1.29 is 18.7 Å². The van der Waals surface area contributed by atoms with Crippen LogP contribution in [0.3, 0.4) is 0 Å². The Morgan fingerprint density at radius 2 is 1.97 bits per heavy atom. The van der Waals surface area contributed by atoms with Crippen LogP contribution in [-0.2, 0) is 22.5 Å². The number of aromatic nitrogens is 3. The monoisotopic (exact) mass is 405 g/mol. The van der Waals surface area contributed by atoms with Crippen molar-refractivity contribution in [1.82, 2.24) is 14.8 Å². The highest BCUT2D eigenvalue weighted by Gasteiger charge is 2.13. The summed E-state index contributed by atoms with van der Waals surface area (Å²) in [6.07, 6.45) is 2.42. The summed E-state index contributed by atoms with van der Waals surface area (Å²) in [7, 11) is 0. The van der Waals surface area contributed by atoms with E-state index >= 15 is 0 Å². The number of carbonyl (C=O) groups is 1. The Morgan fingerprint density at radius 1 is 1.13 bits per heavy atom. The molecule has 0 spiro atoms. The normalized spacial score (nSPS) is 11.0.